The minimum absolute atomic E-state index is 0.0371. The first kappa shape index (κ1) is 16.8. The van der Waals surface area contributed by atoms with E-state index in [9.17, 15) is 9.59 Å². The Hall–Kier alpha value is -2.53. The van der Waals surface area contributed by atoms with Crippen molar-refractivity contribution >= 4 is 29.2 Å². The van der Waals surface area contributed by atoms with E-state index in [0.29, 0.717) is 10.7 Å². The maximum atomic E-state index is 12.3. The molecule has 1 aromatic rings. The van der Waals surface area contributed by atoms with Gasteiger partial charge in [0.2, 0.25) is 0 Å². The van der Waals surface area contributed by atoms with Crippen LogP contribution in [0.5, 0.6) is 0 Å². The van der Waals surface area contributed by atoms with Gasteiger partial charge in [-0.3, -0.25) is 0 Å². The first-order valence-corrected chi connectivity index (χ1v) is 7.18. The molecule has 2 rings (SSSR count). The second kappa shape index (κ2) is 7.15. The lowest BCUT2D eigenvalue weighted by Gasteiger charge is -2.24. The van der Waals surface area contributed by atoms with Crippen LogP contribution in [-0.2, 0) is 19.1 Å². The van der Waals surface area contributed by atoms with Gasteiger partial charge in [-0.15, -0.1) is 0 Å². The smallest absolute Gasteiger partial charge is 0.355 e. The van der Waals surface area contributed by atoms with Crippen molar-refractivity contribution in [1.82, 2.24) is 0 Å². The molecule has 0 saturated heterocycles. The fraction of sp³-hybridized carbons (Fsp3) is 0.176. The number of carbonyl (C=O) groups excluding carboxylic acids is 2. The zero-order valence-electron chi connectivity index (χ0n) is 13.0. The van der Waals surface area contributed by atoms with Gasteiger partial charge in [0.05, 0.1) is 30.5 Å². The molecule has 0 amide bonds. The van der Waals surface area contributed by atoms with Crippen molar-refractivity contribution in [2.45, 2.75) is 6.92 Å². The molecule has 0 spiro atoms. The average Bonchev–Trinajstić information content (AvgIpc) is 2.76. The summed E-state index contributed by atoms with van der Waals surface area (Å²) in [7, 11) is 2.50. The van der Waals surface area contributed by atoms with E-state index >= 15 is 0 Å². The molecule has 0 radical (unpaired) electrons. The molecule has 23 heavy (non-hydrogen) atoms. The zero-order chi connectivity index (χ0) is 17.0. The number of ether oxygens (including phenoxy) is 2. The number of anilines is 1. The van der Waals surface area contributed by atoms with Crippen molar-refractivity contribution in [2.75, 3.05) is 19.1 Å². The van der Waals surface area contributed by atoms with Gasteiger partial charge in [0.15, 0.2) is 0 Å². The molecular formula is C17H16ClNO4. The molecule has 0 N–H and O–H groups in total. The molecule has 0 saturated carbocycles. The van der Waals surface area contributed by atoms with Crippen LogP contribution in [0.15, 0.2) is 53.9 Å². The number of benzene rings is 1. The number of hydrogen-bond donors (Lipinski definition) is 0. The van der Waals surface area contributed by atoms with Gasteiger partial charge in [0.25, 0.3) is 0 Å². The Kier molecular flexibility index (Phi) is 5.24. The molecule has 0 atom stereocenters. The number of methoxy groups -OCH3 is 2. The molecule has 5 nitrogen and oxygen atoms in total. The van der Waals surface area contributed by atoms with Crippen LogP contribution >= 0.6 is 11.6 Å². The van der Waals surface area contributed by atoms with Crippen LogP contribution in [0, 0.1) is 6.92 Å². The number of carbonyl (C=O) groups is 2. The first-order valence-electron chi connectivity index (χ1n) is 6.80. The van der Waals surface area contributed by atoms with E-state index in [2.05, 4.69) is 0 Å². The van der Waals surface area contributed by atoms with Crippen LogP contribution in [0.4, 0.5) is 5.69 Å². The lowest BCUT2D eigenvalue weighted by atomic mass is 10.1. The molecule has 0 aromatic heterocycles. The van der Waals surface area contributed by atoms with Crippen molar-refractivity contribution in [3.63, 3.8) is 0 Å². The largest absolute Gasteiger partial charge is 0.465 e. The Morgan fingerprint density at radius 2 is 1.78 bits per heavy atom. The van der Waals surface area contributed by atoms with E-state index in [1.165, 1.54) is 25.2 Å². The molecule has 0 bridgehead atoms. The monoisotopic (exact) mass is 333 g/mol. The van der Waals surface area contributed by atoms with Gasteiger partial charge >= 0.3 is 11.9 Å². The summed E-state index contributed by atoms with van der Waals surface area (Å²) < 4.78 is 9.59. The first-order chi connectivity index (χ1) is 11.0. The van der Waals surface area contributed by atoms with Crippen LogP contribution in [0.25, 0.3) is 0 Å². The van der Waals surface area contributed by atoms with Crippen molar-refractivity contribution in [3.05, 3.63) is 64.5 Å². The van der Waals surface area contributed by atoms with Gasteiger partial charge in [-0.25, -0.2) is 9.59 Å². The molecule has 120 valence electrons. The van der Waals surface area contributed by atoms with E-state index in [1.54, 1.807) is 30.5 Å². The molecule has 1 aliphatic rings. The second-order valence-electron chi connectivity index (χ2n) is 4.77. The summed E-state index contributed by atoms with van der Waals surface area (Å²) in [4.78, 5) is 25.8. The Balaban J connectivity index is 2.68. The number of allylic oxidation sites excluding steroid dienone is 2. The third kappa shape index (κ3) is 3.46. The number of aryl methyl sites for hydroxylation is 1. The third-order valence-corrected chi connectivity index (χ3v) is 3.55. The highest BCUT2D eigenvalue weighted by Gasteiger charge is 2.28. The number of hydrogen-bond acceptors (Lipinski definition) is 5. The van der Waals surface area contributed by atoms with Crippen molar-refractivity contribution in [1.29, 1.82) is 0 Å². The topological polar surface area (TPSA) is 55.8 Å². The van der Waals surface area contributed by atoms with Crippen LogP contribution in [0.2, 0.25) is 5.02 Å². The Morgan fingerprint density at radius 1 is 1.09 bits per heavy atom. The van der Waals surface area contributed by atoms with E-state index < -0.39 is 11.9 Å². The minimum Gasteiger partial charge on any atom is -0.465 e. The number of nitrogens with zero attached hydrogens (tertiary/aromatic N) is 1. The van der Waals surface area contributed by atoms with Crippen LogP contribution in [0.3, 0.4) is 0 Å². The van der Waals surface area contributed by atoms with Crippen molar-refractivity contribution in [2.24, 2.45) is 0 Å². The normalized spacial score (nSPS) is 13.8. The number of esters is 2. The van der Waals surface area contributed by atoms with Crippen molar-refractivity contribution in [3.8, 4) is 0 Å². The van der Waals surface area contributed by atoms with E-state index in [-0.39, 0.29) is 11.3 Å². The highest BCUT2D eigenvalue weighted by Crippen LogP contribution is 2.32. The van der Waals surface area contributed by atoms with Crippen LogP contribution < -0.4 is 4.90 Å². The van der Waals surface area contributed by atoms with Crippen LogP contribution in [0.1, 0.15) is 5.56 Å². The SMILES string of the molecule is COC(=O)C1=C(C(=O)OC)N(c2ccc(C)cc2Cl)C=CC=C1. The minimum atomic E-state index is -0.668. The molecule has 0 unspecified atom stereocenters. The molecule has 0 fully saturated rings. The van der Waals surface area contributed by atoms with E-state index in [4.69, 9.17) is 21.1 Å². The lowest BCUT2D eigenvalue weighted by molar-refractivity contribution is -0.139. The zero-order valence-corrected chi connectivity index (χ0v) is 13.8. The summed E-state index contributed by atoms with van der Waals surface area (Å²) in [6, 6.07) is 5.40. The van der Waals surface area contributed by atoms with Gasteiger partial charge < -0.3 is 14.4 Å². The molecular weight excluding hydrogens is 318 g/mol. The van der Waals surface area contributed by atoms with Crippen LogP contribution in [-0.4, -0.2) is 26.2 Å². The van der Waals surface area contributed by atoms with E-state index in [0.717, 1.165) is 5.56 Å². The van der Waals surface area contributed by atoms with Gasteiger partial charge in [-0.05, 0) is 36.8 Å². The maximum absolute atomic E-state index is 12.3. The standard InChI is InChI=1S/C17H16ClNO4/c1-11-7-8-14(13(18)10-11)19-9-5-4-6-12(16(20)22-2)15(19)17(21)23-3/h4-10H,1-3H3. The lowest BCUT2D eigenvalue weighted by Crippen LogP contribution is -2.27. The second-order valence-corrected chi connectivity index (χ2v) is 5.18. The van der Waals surface area contributed by atoms with Gasteiger partial charge in [0.1, 0.15) is 5.70 Å². The molecule has 1 aromatic carbocycles. The Labute approximate surface area is 139 Å². The van der Waals surface area contributed by atoms with Crippen molar-refractivity contribution < 1.29 is 19.1 Å². The summed E-state index contributed by atoms with van der Waals surface area (Å²) in [5.74, 6) is -1.31. The fourth-order valence-corrected chi connectivity index (χ4v) is 2.48. The Morgan fingerprint density at radius 3 is 2.39 bits per heavy atom. The van der Waals surface area contributed by atoms with Gasteiger partial charge in [0, 0.05) is 6.20 Å². The third-order valence-electron chi connectivity index (χ3n) is 3.25. The summed E-state index contributed by atoms with van der Waals surface area (Å²) in [5.41, 5.74) is 1.66. The predicted molar refractivity (Wildman–Crippen MR) is 88.0 cm³/mol. The molecule has 1 aliphatic heterocycles. The molecule has 6 heteroatoms. The number of halogens is 1. The molecule has 0 aliphatic carbocycles. The maximum Gasteiger partial charge on any atom is 0.355 e. The summed E-state index contributed by atoms with van der Waals surface area (Å²) in [6.45, 7) is 1.91. The van der Waals surface area contributed by atoms with E-state index in [1.807, 2.05) is 13.0 Å². The summed E-state index contributed by atoms with van der Waals surface area (Å²) in [5, 5.41) is 0.446. The molecule has 1 heterocycles. The fourth-order valence-electron chi connectivity index (χ4n) is 2.16. The summed E-state index contributed by atoms with van der Waals surface area (Å²) in [6.07, 6.45) is 6.46. The summed E-state index contributed by atoms with van der Waals surface area (Å²) >= 11 is 6.30. The Bertz CT molecular complexity index is 734. The highest BCUT2D eigenvalue weighted by molar-refractivity contribution is 6.33. The quantitative estimate of drug-likeness (QED) is 0.795. The number of rotatable bonds is 3. The van der Waals surface area contributed by atoms with Gasteiger partial charge in [-0.2, -0.15) is 0 Å². The average molecular weight is 334 g/mol. The highest BCUT2D eigenvalue weighted by atomic mass is 35.5. The predicted octanol–water partition coefficient (Wildman–Crippen LogP) is 3.14. The van der Waals surface area contributed by atoms with Gasteiger partial charge in [-0.1, -0.05) is 23.7 Å².